The van der Waals surface area contributed by atoms with Gasteiger partial charge in [0.1, 0.15) is 6.61 Å². The van der Waals surface area contributed by atoms with Crippen molar-refractivity contribution in [1.29, 1.82) is 0 Å². The molecule has 0 bridgehead atoms. The van der Waals surface area contributed by atoms with Crippen molar-refractivity contribution in [3.63, 3.8) is 0 Å². The maximum absolute atomic E-state index is 9.96. The second kappa shape index (κ2) is 16.3. The molecule has 0 aromatic carbocycles. The van der Waals surface area contributed by atoms with Crippen LogP contribution in [0.1, 0.15) is 32.1 Å². The summed E-state index contributed by atoms with van der Waals surface area (Å²) in [5, 5.41) is 9.96. The molecule has 18 heavy (non-hydrogen) atoms. The van der Waals surface area contributed by atoms with E-state index in [-0.39, 0.29) is 36.2 Å². The standard InChI is InChI=1S/C14H18O3.Na/c1-2-3-4-5-6-7-8-9-10-11-12-17-13-14(15)16;/h2H,1,3-7,12-13H2,(H,15,16);/q;+1/p-1. The number of aliphatic carboxylic acids is 1. The van der Waals surface area contributed by atoms with Crippen LogP contribution in [0.25, 0.3) is 0 Å². The van der Waals surface area contributed by atoms with Crippen LogP contribution in [0.2, 0.25) is 0 Å². The van der Waals surface area contributed by atoms with Crippen molar-refractivity contribution in [1.82, 2.24) is 0 Å². The Hall–Kier alpha value is -0.710. The van der Waals surface area contributed by atoms with Gasteiger partial charge in [-0.2, -0.15) is 0 Å². The number of carbonyl (C=O) groups is 1. The van der Waals surface area contributed by atoms with Gasteiger partial charge in [-0.05, 0) is 31.1 Å². The van der Waals surface area contributed by atoms with Crippen LogP contribution in [0.3, 0.4) is 0 Å². The van der Waals surface area contributed by atoms with Gasteiger partial charge in [0.05, 0.1) is 12.6 Å². The second-order valence-corrected chi connectivity index (χ2v) is 3.36. The molecule has 4 heteroatoms. The Morgan fingerprint density at radius 1 is 1.22 bits per heavy atom. The summed E-state index contributed by atoms with van der Waals surface area (Å²) in [6.45, 7) is 3.30. The molecule has 0 unspecified atom stereocenters. The first-order valence-corrected chi connectivity index (χ1v) is 5.61. The molecule has 0 atom stereocenters. The molecule has 0 saturated carbocycles. The van der Waals surface area contributed by atoms with Gasteiger partial charge >= 0.3 is 29.6 Å². The van der Waals surface area contributed by atoms with Gasteiger partial charge in [0.2, 0.25) is 0 Å². The molecule has 0 aromatic rings. The third-order valence-electron chi connectivity index (χ3n) is 1.84. The van der Waals surface area contributed by atoms with Crippen molar-refractivity contribution in [3.8, 4) is 23.7 Å². The van der Waals surface area contributed by atoms with Gasteiger partial charge in [0.25, 0.3) is 0 Å². The van der Waals surface area contributed by atoms with E-state index in [0.29, 0.717) is 0 Å². The molecule has 0 aliphatic carbocycles. The second-order valence-electron chi connectivity index (χ2n) is 3.36. The van der Waals surface area contributed by atoms with E-state index in [1.165, 1.54) is 0 Å². The summed E-state index contributed by atoms with van der Waals surface area (Å²) in [5.41, 5.74) is 0. The maximum Gasteiger partial charge on any atom is 1.00 e. The molecule has 3 nitrogen and oxygen atoms in total. The Bertz CT molecular complexity index is 342. The topological polar surface area (TPSA) is 49.4 Å². The van der Waals surface area contributed by atoms with Crippen LogP contribution < -0.4 is 34.7 Å². The predicted octanol–water partition coefficient (Wildman–Crippen LogP) is -2.10. The molecule has 0 heterocycles. The van der Waals surface area contributed by atoms with E-state index < -0.39 is 12.6 Å². The van der Waals surface area contributed by atoms with Gasteiger partial charge in [-0.1, -0.05) is 24.3 Å². The van der Waals surface area contributed by atoms with E-state index in [1.807, 2.05) is 6.08 Å². The molecule has 0 N–H and O–H groups in total. The number of rotatable bonds is 8. The zero-order valence-corrected chi connectivity index (χ0v) is 13.0. The summed E-state index contributed by atoms with van der Waals surface area (Å²) >= 11 is 0. The fraction of sp³-hybridized carbons (Fsp3) is 0.500. The molecule has 0 aliphatic rings. The Labute approximate surface area is 131 Å². The summed E-state index contributed by atoms with van der Waals surface area (Å²) in [6, 6.07) is 0. The van der Waals surface area contributed by atoms with Gasteiger partial charge in [0, 0.05) is 6.42 Å². The predicted molar refractivity (Wildman–Crippen MR) is 64.7 cm³/mol. The summed E-state index contributed by atoms with van der Waals surface area (Å²) in [4.78, 5) is 9.96. The number of ether oxygens (including phenoxy) is 1. The van der Waals surface area contributed by atoms with Crippen molar-refractivity contribution >= 4 is 5.97 Å². The first kappa shape index (κ1) is 19.6. The SMILES string of the molecule is C=CCCCCCC#CC#CCOCC(=O)[O-].[Na+]. The molecular weight excluding hydrogens is 239 g/mol. The molecule has 0 aromatic heterocycles. The molecular formula is C14H17NaO3. The van der Waals surface area contributed by atoms with Crippen LogP contribution in [0.4, 0.5) is 0 Å². The molecule has 0 saturated heterocycles. The summed E-state index contributed by atoms with van der Waals surface area (Å²) < 4.78 is 4.65. The van der Waals surface area contributed by atoms with Crippen LogP contribution in [0.15, 0.2) is 12.7 Å². The number of allylic oxidation sites excluding steroid dienone is 1. The molecule has 0 aliphatic heterocycles. The van der Waals surface area contributed by atoms with E-state index >= 15 is 0 Å². The van der Waals surface area contributed by atoms with Crippen LogP contribution in [-0.4, -0.2) is 19.2 Å². The van der Waals surface area contributed by atoms with Gasteiger partial charge in [-0.25, -0.2) is 0 Å². The Balaban J connectivity index is 0. The molecule has 0 radical (unpaired) electrons. The summed E-state index contributed by atoms with van der Waals surface area (Å²) in [6.07, 6.45) is 7.21. The zero-order chi connectivity index (χ0) is 12.8. The van der Waals surface area contributed by atoms with Crippen LogP contribution in [0.5, 0.6) is 0 Å². The van der Waals surface area contributed by atoms with Gasteiger partial charge in [-0.3, -0.25) is 0 Å². The van der Waals surface area contributed by atoms with Gasteiger partial charge in [-0.15, -0.1) is 6.58 Å². The average Bonchev–Trinajstić information content (AvgIpc) is 2.30. The van der Waals surface area contributed by atoms with Crippen LogP contribution in [0, 0.1) is 23.7 Å². The zero-order valence-electron chi connectivity index (χ0n) is 11.0. The average molecular weight is 256 g/mol. The Kier molecular flexibility index (Phi) is 17.8. The Morgan fingerprint density at radius 2 is 1.94 bits per heavy atom. The molecule has 0 spiro atoms. The van der Waals surface area contributed by atoms with Crippen molar-refractivity contribution in [2.75, 3.05) is 13.2 Å². The number of unbranched alkanes of at least 4 members (excludes halogenated alkanes) is 4. The number of carbonyl (C=O) groups excluding carboxylic acids is 1. The minimum absolute atomic E-state index is 0. The van der Waals surface area contributed by atoms with Gasteiger partial charge in [0.15, 0.2) is 0 Å². The van der Waals surface area contributed by atoms with E-state index in [2.05, 4.69) is 35.0 Å². The third kappa shape index (κ3) is 17.7. The molecule has 0 fully saturated rings. The van der Waals surface area contributed by atoms with Crippen molar-refractivity contribution in [3.05, 3.63) is 12.7 Å². The number of hydrogen-bond acceptors (Lipinski definition) is 3. The molecule has 92 valence electrons. The monoisotopic (exact) mass is 256 g/mol. The number of carboxylic acid groups (broad SMARTS) is 1. The quantitative estimate of drug-likeness (QED) is 0.216. The molecule has 0 amide bonds. The van der Waals surface area contributed by atoms with E-state index in [1.54, 1.807) is 0 Å². The minimum atomic E-state index is -1.24. The number of hydrogen-bond donors (Lipinski definition) is 0. The van der Waals surface area contributed by atoms with Crippen molar-refractivity contribution < 1.29 is 44.2 Å². The van der Waals surface area contributed by atoms with E-state index in [4.69, 9.17) is 0 Å². The van der Waals surface area contributed by atoms with Crippen molar-refractivity contribution in [2.45, 2.75) is 32.1 Å². The minimum Gasteiger partial charge on any atom is -0.548 e. The fourth-order valence-corrected chi connectivity index (χ4v) is 1.05. The van der Waals surface area contributed by atoms with Crippen molar-refractivity contribution in [2.24, 2.45) is 0 Å². The normalized spacial score (nSPS) is 8.00. The smallest absolute Gasteiger partial charge is 0.548 e. The first-order chi connectivity index (χ1) is 8.27. The largest absolute Gasteiger partial charge is 1.00 e. The maximum atomic E-state index is 9.96. The van der Waals surface area contributed by atoms with E-state index in [9.17, 15) is 9.90 Å². The fourth-order valence-electron chi connectivity index (χ4n) is 1.05. The summed E-state index contributed by atoms with van der Waals surface area (Å²) in [7, 11) is 0. The third-order valence-corrected chi connectivity index (χ3v) is 1.84. The van der Waals surface area contributed by atoms with Crippen LogP contribution >= 0.6 is 0 Å². The summed E-state index contributed by atoms with van der Waals surface area (Å²) in [5.74, 6) is 9.58. The van der Waals surface area contributed by atoms with E-state index in [0.717, 1.165) is 32.1 Å². The van der Waals surface area contributed by atoms with Gasteiger partial charge < -0.3 is 14.6 Å². The Morgan fingerprint density at radius 3 is 2.61 bits per heavy atom. The van der Waals surface area contributed by atoms with Crippen LogP contribution in [-0.2, 0) is 9.53 Å². The number of carboxylic acids is 1. The first-order valence-electron chi connectivity index (χ1n) is 5.61. The molecule has 0 rings (SSSR count).